The van der Waals surface area contributed by atoms with Gasteiger partial charge >= 0.3 is 0 Å². The molecule has 1 fully saturated rings. The van der Waals surface area contributed by atoms with Gasteiger partial charge in [-0.25, -0.2) is 0 Å². The molecule has 1 amide bonds. The number of methoxy groups -OCH3 is 2. The molecule has 0 atom stereocenters. The summed E-state index contributed by atoms with van der Waals surface area (Å²) in [5.74, 6) is 0.879. The lowest BCUT2D eigenvalue weighted by atomic mass is 10.0. The molecule has 0 aliphatic heterocycles. The lowest BCUT2D eigenvalue weighted by molar-refractivity contribution is 0.0449. The van der Waals surface area contributed by atoms with Crippen molar-refractivity contribution in [2.24, 2.45) is 0 Å². The number of hydrogen-bond donors (Lipinski definition) is 2. The van der Waals surface area contributed by atoms with E-state index in [1.165, 1.54) is 7.11 Å². The number of hydrogen-bond acceptors (Lipinski definition) is 4. The molecule has 1 saturated carbocycles. The number of nitrogens with one attached hydrogen (secondary N) is 1. The molecule has 0 aromatic heterocycles. The third kappa shape index (κ3) is 3.22. The summed E-state index contributed by atoms with van der Waals surface area (Å²) in [6, 6.07) is 5.00. The first-order chi connectivity index (χ1) is 9.58. The molecule has 0 saturated heterocycles. The van der Waals surface area contributed by atoms with Gasteiger partial charge in [0.2, 0.25) is 0 Å². The fraction of sp³-hybridized carbons (Fsp3) is 0.533. The van der Waals surface area contributed by atoms with Gasteiger partial charge in [0.15, 0.2) is 11.5 Å². The second-order valence-corrected chi connectivity index (χ2v) is 5.18. The standard InChI is InChI=1S/C15H21NO4/c1-19-12-6-5-11(9-13(12)20-2)14(17)16-10-15(18)7-3-4-8-15/h5-6,9,18H,3-4,7-8,10H2,1-2H3,(H,16,17). The van der Waals surface area contributed by atoms with Crippen LogP contribution in [0.1, 0.15) is 36.0 Å². The van der Waals surface area contributed by atoms with Crippen molar-refractivity contribution in [3.63, 3.8) is 0 Å². The third-order valence-corrected chi connectivity index (χ3v) is 3.76. The van der Waals surface area contributed by atoms with E-state index >= 15 is 0 Å². The molecule has 5 nitrogen and oxygen atoms in total. The van der Waals surface area contributed by atoms with Crippen LogP contribution in [0.4, 0.5) is 0 Å². The molecule has 0 spiro atoms. The molecule has 0 bridgehead atoms. The fourth-order valence-electron chi connectivity index (χ4n) is 2.53. The largest absolute Gasteiger partial charge is 0.493 e. The summed E-state index contributed by atoms with van der Waals surface area (Å²) >= 11 is 0. The zero-order chi connectivity index (χ0) is 14.6. The maximum absolute atomic E-state index is 12.1. The van der Waals surface area contributed by atoms with Gasteiger partial charge in [-0.1, -0.05) is 12.8 Å². The normalized spacial score (nSPS) is 16.8. The van der Waals surface area contributed by atoms with E-state index in [1.54, 1.807) is 25.3 Å². The average Bonchev–Trinajstić information content (AvgIpc) is 2.91. The Morgan fingerprint density at radius 3 is 2.50 bits per heavy atom. The van der Waals surface area contributed by atoms with Crippen molar-refractivity contribution < 1.29 is 19.4 Å². The first kappa shape index (κ1) is 14.7. The van der Waals surface area contributed by atoms with Crippen LogP contribution >= 0.6 is 0 Å². The number of aliphatic hydroxyl groups is 1. The summed E-state index contributed by atoms with van der Waals surface area (Å²) in [5, 5.41) is 13.0. The molecule has 0 radical (unpaired) electrons. The maximum Gasteiger partial charge on any atom is 0.251 e. The van der Waals surface area contributed by atoms with Gasteiger partial charge in [0, 0.05) is 12.1 Å². The van der Waals surface area contributed by atoms with Crippen LogP contribution in [0.5, 0.6) is 11.5 Å². The number of ether oxygens (including phenoxy) is 2. The van der Waals surface area contributed by atoms with E-state index in [9.17, 15) is 9.90 Å². The van der Waals surface area contributed by atoms with Crippen LogP contribution in [-0.2, 0) is 0 Å². The lowest BCUT2D eigenvalue weighted by Gasteiger charge is -2.22. The van der Waals surface area contributed by atoms with Crippen molar-refractivity contribution in [2.75, 3.05) is 20.8 Å². The van der Waals surface area contributed by atoms with Crippen LogP contribution in [0.2, 0.25) is 0 Å². The van der Waals surface area contributed by atoms with Crippen LogP contribution < -0.4 is 14.8 Å². The highest BCUT2D eigenvalue weighted by molar-refractivity contribution is 5.94. The third-order valence-electron chi connectivity index (χ3n) is 3.76. The fourth-order valence-corrected chi connectivity index (χ4v) is 2.53. The van der Waals surface area contributed by atoms with Crippen LogP contribution in [0.15, 0.2) is 18.2 Å². The van der Waals surface area contributed by atoms with Crippen molar-refractivity contribution in [3.8, 4) is 11.5 Å². The van der Waals surface area contributed by atoms with Gasteiger partial charge in [-0.3, -0.25) is 4.79 Å². The predicted octanol–water partition coefficient (Wildman–Crippen LogP) is 1.74. The molecule has 2 N–H and O–H groups in total. The number of benzene rings is 1. The van der Waals surface area contributed by atoms with Crippen molar-refractivity contribution in [1.29, 1.82) is 0 Å². The van der Waals surface area contributed by atoms with Crippen molar-refractivity contribution in [3.05, 3.63) is 23.8 Å². The Bertz CT molecular complexity index is 481. The van der Waals surface area contributed by atoms with Crippen LogP contribution in [0.3, 0.4) is 0 Å². The van der Waals surface area contributed by atoms with Gasteiger partial charge in [0.25, 0.3) is 5.91 Å². The SMILES string of the molecule is COc1ccc(C(=O)NCC2(O)CCCC2)cc1OC. The highest BCUT2D eigenvalue weighted by Gasteiger charge is 2.31. The highest BCUT2D eigenvalue weighted by atomic mass is 16.5. The number of rotatable bonds is 5. The van der Waals surface area contributed by atoms with Gasteiger partial charge in [0.1, 0.15) is 0 Å². The molecule has 0 heterocycles. The Morgan fingerprint density at radius 2 is 1.90 bits per heavy atom. The molecular weight excluding hydrogens is 258 g/mol. The van der Waals surface area contributed by atoms with Crippen molar-refractivity contribution in [1.82, 2.24) is 5.32 Å². The van der Waals surface area contributed by atoms with Crippen LogP contribution in [0.25, 0.3) is 0 Å². The molecule has 1 aliphatic carbocycles. The lowest BCUT2D eigenvalue weighted by Crippen LogP contribution is -2.40. The first-order valence-corrected chi connectivity index (χ1v) is 6.80. The Hall–Kier alpha value is -1.75. The van der Waals surface area contributed by atoms with Gasteiger partial charge in [0.05, 0.1) is 19.8 Å². The molecule has 2 rings (SSSR count). The average molecular weight is 279 g/mol. The highest BCUT2D eigenvalue weighted by Crippen LogP contribution is 2.29. The second kappa shape index (κ2) is 6.13. The Kier molecular flexibility index (Phi) is 4.49. The first-order valence-electron chi connectivity index (χ1n) is 6.80. The van der Waals surface area contributed by atoms with E-state index < -0.39 is 5.60 Å². The van der Waals surface area contributed by atoms with E-state index in [2.05, 4.69) is 5.32 Å². The Morgan fingerprint density at radius 1 is 1.25 bits per heavy atom. The van der Waals surface area contributed by atoms with E-state index in [0.29, 0.717) is 23.6 Å². The van der Waals surface area contributed by atoms with E-state index in [-0.39, 0.29) is 5.91 Å². The van der Waals surface area contributed by atoms with Crippen molar-refractivity contribution >= 4 is 5.91 Å². The summed E-state index contributed by atoms with van der Waals surface area (Å²) in [6.07, 6.45) is 3.53. The van der Waals surface area contributed by atoms with Crippen LogP contribution in [-0.4, -0.2) is 37.4 Å². The Balaban J connectivity index is 2.02. The van der Waals surface area contributed by atoms with Gasteiger partial charge in [-0.2, -0.15) is 0 Å². The van der Waals surface area contributed by atoms with Gasteiger partial charge in [-0.05, 0) is 31.0 Å². The summed E-state index contributed by atoms with van der Waals surface area (Å²) < 4.78 is 10.3. The van der Waals surface area contributed by atoms with Gasteiger partial charge in [-0.15, -0.1) is 0 Å². The molecule has 110 valence electrons. The number of carbonyl (C=O) groups excluding carboxylic acids is 1. The smallest absolute Gasteiger partial charge is 0.251 e. The zero-order valence-electron chi connectivity index (χ0n) is 11.9. The molecule has 20 heavy (non-hydrogen) atoms. The molecule has 0 unspecified atom stereocenters. The summed E-state index contributed by atoms with van der Waals surface area (Å²) in [6.45, 7) is 0.292. The predicted molar refractivity (Wildman–Crippen MR) is 75.3 cm³/mol. The maximum atomic E-state index is 12.1. The summed E-state index contributed by atoms with van der Waals surface area (Å²) in [4.78, 5) is 12.1. The van der Waals surface area contributed by atoms with E-state index in [0.717, 1.165) is 25.7 Å². The summed E-state index contributed by atoms with van der Waals surface area (Å²) in [5.41, 5.74) is -0.254. The molecule has 5 heteroatoms. The number of amides is 1. The van der Waals surface area contributed by atoms with Crippen molar-refractivity contribution in [2.45, 2.75) is 31.3 Å². The van der Waals surface area contributed by atoms with Gasteiger partial charge < -0.3 is 19.9 Å². The van der Waals surface area contributed by atoms with Crippen LogP contribution in [0, 0.1) is 0 Å². The quantitative estimate of drug-likeness (QED) is 0.861. The number of carbonyl (C=O) groups is 1. The minimum atomic E-state index is -0.744. The minimum absolute atomic E-state index is 0.216. The molecular formula is C15H21NO4. The van der Waals surface area contributed by atoms with E-state index in [4.69, 9.17) is 9.47 Å². The topological polar surface area (TPSA) is 67.8 Å². The Labute approximate surface area is 118 Å². The molecule has 1 aliphatic rings. The minimum Gasteiger partial charge on any atom is -0.493 e. The summed E-state index contributed by atoms with van der Waals surface area (Å²) in [7, 11) is 3.08. The monoisotopic (exact) mass is 279 g/mol. The molecule has 1 aromatic rings. The molecule has 1 aromatic carbocycles. The second-order valence-electron chi connectivity index (χ2n) is 5.18. The zero-order valence-corrected chi connectivity index (χ0v) is 11.9. The van der Waals surface area contributed by atoms with E-state index in [1.807, 2.05) is 0 Å².